The van der Waals surface area contributed by atoms with Crippen molar-refractivity contribution in [2.45, 2.75) is 37.0 Å². The highest BCUT2D eigenvalue weighted by molar-refractivity contribution is 6.30. The van der Waals surface area contributed by atoms with Crippen molar-refractivity contribution in [2.75, 3.05) is 20.7 Å². The lowest BCUT2D eigenvalue weighted by molar-refractivity contribution is -0.167. The summed E-state index contributed by atoms with van der Waals surface area (Å²) in [5.41, 5.74) is 6.45. The van der Waals surface area contributed by atoms with Crippen molar-refractivity contribution in [3.63, 3.8) is 0 Å². The van der Waals surface area contributed by atoms with E-state index in [0.717, 1.165) is 30.3 Å². The number of aromatic nitrogens is 1. The normalized spacial score (nSPS) is 28.1. The van der Waals surface area contributed by atoms with Crippen LogP contribution in [0, 0.1) is 0 Å². The number of ether oxygens (including phenoxy) is 2. The lowest BCUT2D eigenvalue weighted by atomic mass is 9.72. The third-order valence-corrected chi connectivity index (χ3v) is 5.99. The molecule has 3 heterocycles. The van der Waals surface area contributed by atoms with E-state index in [2.05, 4.69) is 4.98 Å². The third kappa shape index (κ3) is 3.32. The molecule has 0 aliphatic carbocycles. The van der Waals surface area contributed by atoms with Gasteiger partial charge in [0, 0.05) is 44.2 Å². The van der Waals surface area contributed by atoms with Gasteiger partial charge in [-0.3, -0.25) is 4.98 Å². The van der Waals surface area contributed by atoms with Gasteiger partial charge in [0.1, 0.15) is 17.5 Å². The number of benzene rings is 1. The van der Waals surface area contributed by atoms with Gasteiger partial charge in [-0.05, 0) is 43.5 Å². The van der Waals surface area contributed by atoms with Crippen molar-refractivity contribution < 1.29 is 14.3 Å². The number of guanidine groups is 1. The Labute approximate surface area is 180 Å². The van der Waals surface area contributed by atoms with E-state index in [1.807, 2.05) is 31.2 Å². The molecule has 1 aromatic carbocycles. The molecule has 1 fully saturated rings. The number of aldehydes is 1. The summed E-state index contributed by atoms with van der Waals surface area (Å²) in [5, 5.41) is 0.529. The molecule has 2 aliphatic rings. The lowest BCUT2D eigenvalue weighted by Crippen LogP contribution is -2.63. The fourth-order valence-electron chi connectivity index (χ4n) is 4.26. The third-order valence-electron chi connectivity index (χ3n) is 5.79. The Bertz CT molecular complexity index is 1010. The zero-order valence-corrected chi connectivity index (χ0v) is 18.0. The molecule has 3 atom stereocenters. The molecule has 2 N–H and O–H groups in total. The predicted molar refractivity (Wildman–Crippen MR) is 116 cm³/mol. The molecule has 7 nitrogen and oxygen atoms in total. The summed E-state index contributed by atoms with van der Waals surface area (Å²) in [7, 11) is 3.57. The molecule has 4 rings (SSSR count). The van der Waals surface area contributed by atoms with Crippen LogP contribution in [0.25, 0.3) is 11.1 Å². The maximum Gasteiger partial charge on any atom is 0.192 e. The topological polar surface area (TPSA) is 90.0 Å². The second-order valence-electron chi connectivity index (χ2n) is 8.18. The van der Waals surface area contributed by atoms with Crippen LogP contribution in [0.4, 0.5) is 0 Å². The molecule has 158 valence electrons. The molecule has 8 heteroatoms. The second-order valence-corrected chi connectivity index (χ2v) is 8.62. The average Bonchev–Trinajstić information content (AvgIpc) is 2.72. The van der Waals surface area contributed by atoms with Crippen molar-refractivity contribution in [2.24, 2.45) is 10.7 Å². The van der Waals surface area contributed by atoms with Crippen LogP contribution in [0.3, 0.4) is 0 Å². The van der Waals surface area contributed by atoms with Crippen LogP contribution in [0.1, 0.15) is 25.3 Å². The number of rotatable bonds is 3. The number of pyridine rings is 1. The molecule has 2 aliphatic heterocycles. The zero-order valence-electron chi connectivity index (χ0n) is 17.3. The van der Waals surface area contributed by atoms with E-state index < -0.39 is 17.2 Å². The summed E-state index contributed by atoms with van der Waals surface area (Å²) >= 11 is 6.13. The van der Waals surface area contributed by atoms with Gasteiger partial charge in [0.15, 0.2) is 17.8 Å². The highest BCUT2D eigenvalue weighted by atomic mass is 35.5. The fourth-order valence-corrected chi connectivity index (χ4v) is 4.44. The zero-order chi connectivity index (χ0) is 21.5. The molecule has 0 amide bonds. The van der Waals surface area contributed by atoms with E-state index in [1.54, 1.807) is 31.4 Å². The van der Waals surface area contributed by atoms with E-state index in [4.69, 9.17) is 31.8 Å². The van der Waals surface area contributed by atoms with Crippen molar-refractivity contribution in [1.29, 1.82) is 0 Å². The molecule has 1 saturated heterocycles. The summed E-state index contributed by atoms with van der Waals surface area (Å²) in [6.45, 7) is 2.50. The highest BCUT2D eigenvalue weighted by Crippen LogP contribution is 2.50. The lowest BCUT2D eigenvalue weighted by Gasteiger charge is -2.51. The van der Waals surface area contributed by atoms with E-state index in [1.165, 1.54) is 0 Å². The van der Waals surface area contributed by atoms with Crippen LogP contribution < -0.4 is 10.5 Å². The van der Waals surface area contributed by atoms with Gasteiger partial charge in [-0.15, -0.1) is 0 Å². The number of carbonyl (C=O) groups excluding carboxylic acids is 1. The quantitative estimate of drug-likeness (QED) is 0.459. The van der Waals surface area contributed by atoms with Crippen LogP contribution in [-0.2, 0) is 15.1 Å². The molecular weight excluding hydrogens is 404 g/mol. The first-order chi connectivity index (χ1) is 14.3. The first-order valence-corrected chi connectivity index (χ1v) is 10.2. The minimum atomic E-state index is -1.33. The first-order valence-electron chi connectivity index (χ1n) is 9.84. The number of halogens is 1. The van der Waals surface area contributed by atoms with Gasteiger partial charge in [-0.1, -0.05) is 17.7 Å². The van der Waals surface area contributed by atoms with Gasteiger partial charge in [0.2, 0.25) is 0 Å². The van der Waals surface area contributed by atoms with Gasteiger partial charge in [-0.2, -0.15) is 0 Å². The van der Waals surface area contributed by atoms with Crippen molar-refractivity contribution >= 4 is 23.8 Å². The van der Waals surface area contributed by atoms with Crippen LogP contribution in [-0.4, -0.2) is 54.5 Å². The minimum absolute atomic E-state index is 0.237. The van der Waals surface area contributed by atoms with Crippen LogP contribution in [0.2, 0.25) is 5.02 Å². The molecule has 0 radical (unpaired) electrons. The summed E-state index contributed by atoms with van der Waals surface area (Å²) in [5.74, 6) is 0.835. The molecule has 30 heavy (non-hydrogen) atoms. The molecule has 1 aromatic heterocycles. The Balaban J connectivity index is 1.96. The first kappa shape index (κ1) is 20.6. The van der Waals surface area contributed by atoms with E-state index >= 15 is 0 Å². The Kier molecular flexibility index (Phi) is 5.20. The monoisotopic (exact) mass is 428 g/mol. The highest BCUT2D eigenvalue weighted by Gasteiger charge is 2.59. The number of nitrogens with zero attached hydrogens (tertiary/aromatic N) is 3. The number of aliphatic imine (C=N–C) groups is 1. The molecule has 3 unspecified atom stereocenters. The minimum Gasteiger partial charge on any atom is -0.484 e. The van der Waals surface area contributed by atoms with E-state index in [-0.39, 0.29) is 5.96 Å². The molecule has 2 aromatic rings. The molecular formula is C22H25ClN4O3. The summed E-state index contributed by atoms with van der Waals surface area (Å²) < 4.78 is 12.5. The summed E-state index contributed by atoms with van der Waals surface area (Å²) in [4.78, 5) is 23.3. The fraction of sp³-hybridized carbons (Fsp3) is 0.409. The van der Waals surface area contributed by atoms with Gasteiger partial charge < -0.3 is 24.9 Å². The molecule has 0 saturated carbocycles. The Morgan fingerprint density at radius 1 is 1.33 bits per heavy atom. The summed E-state index contributed by atoms with van der Waals surface area (Å²) in [6, 6.07) is 7.50. The number of carbonyl (C=O) groups is 1. The van der Waals surface area contributed by atoms with Crippen LogP contribution in [0.5, 0.6) is 5.75 Å². The SMILES string of the molecule is CN(C)C(N)=NC1(C=O)c2cc(-c3cncc(Cl)c3)ccc2OC2(C)CCCOC21. The van der Waals surface area contributed by atoms with Crippen molar-refractivity contribution in [1.82, 2.24) is 9.88 Å². The average molecular weight is 429 g/mol. The smallest absolute Gasteiger partial charge is 0.192 e. The van der Waals surface area contributed by atoms with Gasteiger partial charge >= 0.3 is 0 Å². The van der Waals surface area contributed by atoms with Crippen LogP contribution >= 0.6 is 11.6 Å². The number of nitrogens with two attached hydrogens (primary N) is 1. The van der Waals surface area contributed by atoms with Crippen molar-refractivity contribution in [3.05, 3.63) is 47.2 Å². The predicted octanol–water partition coefficient (Wildman–Crippen LogP) is 3.00. The Hall–Kier alpha value is -2.64. The standard InChI is InChI=1S/C22H25ClN4O3/c1-21-7-4-8-29-19(21)22(13-28,26-20(24)27(2)3)17-10-14(5-6-18(17)30-21)15-9-16(23)12-25-11-15/h5-6,9-13,19H,4,7-8H2,1-3H3,(H2,24,26). The molecule has 0 spiro atoms. The largest absolute Gasteiger partial charge is 0.484 e. The Morgan fingerprint density at radius 2 is 2.13 bits per heavy atom. The van der Waals surface area contributed by atoms with Gasteiger partial charge in [0.05, 0.1) is 5.02 Å². The number of hydrogen-bond donors (Lipinski definition) is 1. The molecule has 0 bridgehead atoms. The van der Waals surface area contributed by atoms with Gasteiger partial charge in [0.25, 0.3) is 0 Å². The number of fused-ring (bicyclic) bond motifs is 2. The maximum absolute atomic E-state index is 12.8. The maximum atomic E-state index is 12.8. The van der Waals surface area contributed by atoms with Gasteiger partial charge in [-0.25, -0.2) is 4.99 Å². The van der Waals surface area contributed by atoms with Crippen molar-refractivity contribution in [3.8, 4) is 16.9 Å². The van der Waals surface area contributed by atoms with E-state index in [0.29, 0.717) is 22.9 Å². The van der Waals surface area contributed by atoms with E-state index in [9.17, 15) is 4.79 Å². The number of hydrogen-bond acceptors (Lipinski definition) is 5. The Morgan fingerprint density at radius 3 is 2.83 bits per heavy atom. The van der Waals surface area contributed by atoms with Crippen LogP contribution in [0.15, 0.2) is 41.7 Å². The second kappa shape index (κ2) is 7.56. The summed E-state index contributed by atoms with van der Waals surface area (Å²) in [6.07, 6.45) is 5.12.